The van der Waals surface area contributed by atoms with E-state index < -0.39 is 0 Å². The highest BCUT2D eigenvalue weighted by Crippen LogP contribution is 2.22. The predicted molar refractivity (Wildman–Crippen MR) is 87.9 cm³/mol. The van der Waals surface area contributed by atoms with Crippen LogP contribution in [-0.4, -0.2) is 36.6 Å². The fourth-order valence-corrected chi connectivity index (χ4v) is 2.76. The Morgan fingerprint density at radius 2 is 2.19 bits per heavy atom. The number of amides is 2. The molecule has 0 saturated carbocycles. The Balaban J connectivity index is 1.88. The molecule has 1 aromatic carbocycles. The van der Waals surface area contributed by atoms with Gasteiger partial charge in [0, 0.05) is 19.1 Å². The molecular weight excluding hydrogens is 286 g/mol. The largest absolute Gasteiger partial charge is 0.324 e. The zero-order chi connectivity index (χ0) is 15.2. The van der Waals surface area contributed by atoms with Gasteiger partial charge >= 0.3 is 6.03 Å². The maximum absolute atomic E-state index is 12.3. The summed E-state index contributed by atoms with van der Waals surface area (Å²) >= 11 is 6.08. The third-order valence-corrected chi connectivity index (χ3v) is 4.07. The first-order valence-corrected chi connectivity index (χ1v) is 7.98. The molecule has 1 aromatic rings. The number of carbonyl (C=O) groups excluding carboxylic acids is 1. The first-order chi connectivity index (χ1) is 10.1. The number of piperidine rings is 1. The Hall–Kier alpha value is -1.26. The van der Waals surface area contributed by atoms with E-state index in [1.165, 1.54) is 6.42 Å². The smallest absolute Gasteiger partial charge is 0.321 e. The molecular formula is C16H24ClN3O. The molecule has 116 valence electrons. The first kappa shape index (κ1) is 16.1. The van der Waals surface area contributed by atoms with E-state index >= 15 is 0 Å². The summed E-state index contributed by atoms with van der Waals surface area (Å²) < 4.78 is 0. The highest BCUT2D eigenvalue weighted by atomic mass is 35.5. The molecule has 2 rings (SSSR count). The fourth-order valence-electron chi connectivity index (χ4n) is 2.58. The minimum atomic E-state index is -0.0580. The number of nitrogens with one attached hydrogen (secondary N) is 2. The normalized spacial score (nSPS) is 18.9. The SMILES string of the molecule is CC(C)NCC1CCCN(C(=O)Nc2ccccc2Cl)C1. The summed E-state index contributed by atoms with van der Waals surface area (Å²) in [5, 5.41) is 6.92. The Labute approximate surface area is 131 Å². The molecule has 1 heterocycles. The molecule has 0 radical (unpaired) electrons. The fraction of sp³-hybridized carbons (Fsp3) is 0.562. The van der Waals surface area contributed by atoms with Crippen LogP contribution in [0, 0.1) is 5.92 Å². The third kappa shape index (κ3) is 4.90. The van der Waals surface area contributed by atoms with Gasteiger partial charge in [-0.15, -0.1) is 0 Å². The van der Waals surface area contributed by atoms with Crippen molar-refractivity contribution >= 4 is 23.3 Å². The van der Waals surface area contributed by atoms with Crippen molar-refractivity contribution in [1.29, 1.82) is 0 Å². The van der Waals surface area contributed by atoms with Crippen molar-refractivity contribution in [1.82, 2.24) is 10.2 Å². The van der Waals surface area contributed by atoms with Gasteiger partial charge in [-0.1, -0.05) is 37.6 Å². The number of hydrogen-bond donors (Lipinski definition) is 2. The molecule has 0 aliphatic carbocycles. The lowest BCUT2D eigenvalue weighted by atomic mass is 9.98. The maximum Gasteiger partial charge on any atom is 0.321 e. The Morgan fingerprint density at radius 1 is 1.43 bits per heavy atom. The van der Waals surface area contributed by atoms with Crippen LogP contribution in [0.25, 0.3) is 0 Å². The lowest BCUT2D eigenvalue weighted by Crippen LogP contribution is -2.45. The predicted octanol–water partition coefficient (Wildman–Crippen LogP) is 3.58. The summed E-state index contributed by atoms with van der Waals surface area (Å²) in [7, 11) is 0. The van der Waals surface area contributed by atoms with Crippen LogP contribution in [-0.2, 0) is 0 Å². The van der Waals surface area contributed by atoms with E-state index in [1.807, 2.05) is 23.1 Å². The summed E-state index contributed by atoms with van der Waals surface area (Å²) in [5.74, 6) is 0.526. The molecule has 0 spiro atoms. The van der Waals surface area contributed by atoms with Crippen molar-refractivity contribution in [3.05, 3.63) is 29.3 Å². The van der Waals surface area contributed by atoms with Gasteiger partial charge in [-0.2, -0.15) is 0 Å². The number of likely N-dealkylation sites (tertiary alicyclic amines) is 1. The highest BCUT2D eigenvalue weighted by molar-refractivity contribution is 6.33. The van der Waals surface area contributed by atoms with E-state index in [-0.39, 0.29) is 6.03 Å². The number of carbonyl (C=O) groups is 1. The minimum absolute atomic E-state index is 0.0580. The van der Waals surface area contributed by atoms with Gasteiger partial charge in [0.1, 0.15) is 0 Å². The standard InChI is InChI=1S/C16H24ClN3O/c1-12(2)18-10-13-6-5-9-20(11-13)16(21)19-15-8-4-3-7-14(15)17/h3-4,7-8,12-13,18H,5-6,9-11H2,1-2H3,(H,19,21). The topological polar surface area (TPSA) is 44.4 Å². The highest BCUT2D eigenvalue weighted by Gasteiger charge is 2.23. The van der Waals surface area contributed by atoms with E-state index in [4.69, 9.17) is 11.6 Å². The summed E-state index contributed by atoms with van der Waals surface area (Å²) in [5.41, 5.74) is 0.673. The second-order valence-electron chi connectivity index (χ2n) is 5.93. The Kier molecular flexibility index (Phi) is 5.88. The quantitative estimate of drug-likeness (QED) is 0.893. The average molecular weight is 310 g/mol. The number of para-hydroxylation sites is 1. The number of anilines is 1. The molecule has 0 bridgehead atoms. The van der Waals surface area contributed by atoms with Crippen LogP contribution < -0.4 is 10.6 Å². The van der Waals surface area contributed by atoms with Gasteiger partial charge in [0.15, 0.2) is 0 Å². The zero-order valence-corrected chi connectivity index (χ0v) is 13.5. The van der Waals surface area contributed by atoms with E-state index in [0.29, 0.717) is 22.7 Å². The molecule has 4 nitrogen and oxygen atoms in total. The molecule has 2 amide bonds. The monoisotopic (exact) mass is 309 g/mol. The third-order valence-electron chi connectivity index (χ3n) is 3.74. The van der Waals surface area contributed by atoms with Crippen LogP contribution >= 0.6 is 11.6 Å². The van der Waals surface area contributed by atoms with Gasteiger partial charge in [0.25, 0.3) is 0 Å². The number of urea groups is 1. The molecule has 2 N–H and O–H groups in total. The van der Waals surface area contributed by atoms with E-state index in [9.17, 15) is 4.79 Å². The lowest BCUT2D eigenvalue weighted by molar-refractivity contribution is 0.175. The van der Waals surface area contributed by atoms with Crippen molar-refractivity contribution < 1.29 is 4.79 Å². The van der Waals surface area contributed by atoms with Gasteiger partial charge in [0.05, 0.1) is 10.7 Å². The molecule has 5 heteroatoms. The van der Waals surface area contributed by atoms with Crippen molar-refractivity contribution in [3.8, 4) is 0 Å². The number of hydrogen-bond acceptors (Lipinski definition) is 2. The van der Waals surface area contributed by atoms with Crippen LogP contribution in [0.2, 0.25) is 5.02 Å². The van der Waals surface area contributed by atoms with Gasteiger partial charge in [0.2, 0.25) is 0 Å². The number of halogens is 1. The summed E-state index contributed by atoms with van der Waals surface area (Å²) in [6, 6.07) is 7.75. The molecule has 21 heavy (non-hydrogen) atoms. The Bertz CT molecular complexity index is 478. The molecule has 1 fully saturated rings. The molecule has 0 aromatic heterocycles. The van der Waals surface area contributed by atoms with Crippen LogP contribution in [0.15, 0.2) is 24.3 Å². The van der Waals surface area contributed by atoms with Gasteiger partial charge in [-0.25, -0.2) is 4.79 Å². The molecule has 1 aliphatic heterocycles. The number of benzene rings is 1. The lowest BCUT2D eigenvalue weighted by Gasteiger charge is -2.33. The van der Waals surface area contributed by atoms with Crippen LogP contribution in [0.3, 0.4) is 0 Å². The van der Waals surface area contributed by atoms with Crippen LogP contribution in [0.5, 0.6) is 0 Å². The number of rotatable bonds is 4. The summed E-state index contributed by atoms with van der Waals surface area (Å²) in [6.07, 6.45) is 2.23. The molecule has 1 atom stereocenters. The van der Waals surface area contributed by atoms with Crippen LogP contribution in [0.1, 0.15) is 26.7 Å². The van der Waals surface area contributed by atoms with Crippen molar-refractivity contribution in [2.75, 3.05) is 25.0 Å². The van der Waals surface area contributed by atoms with E-state index in [0.717, 1.165) is 26.1 Å². The van der Waals surface area contributed by atoms with Gasteiger partial charge < -0.3 is 15.5 Å². The summed E-state index contributed by atoms with van der Waals surface area (Å²) in [6.45, 7) is 6.87. The molecule has 1 unspecified atom stereocenters. The van der Waals surface area contributed by atoms with Crippen molar-refractivity contribution in [2.45, 2.75) is 32.7 Å². The number of nitrogens with zero attached hydrogens (tertiary/aromatic N) is 1. The first-order valence-electron chi connectivity index (χ1n) is 7.60. The van der Waals surface area contributed by atoms with Gasteiger partial charge in [-0.05, 0) is 37.4 Å². The zero-order valence-electron chi connectivity index (χ0n) is 12.7. The van der Waals surface area contributed by atoms with E-state index in [1.54, 1.807) is 6.07 Å². The average Bonchev–Trinajstić information content (AvgIpc) is 2.48. The van der Waals surface area contributed by atoms with E-state index in [2.05, 4.69) is 24.5 Å². The van der Waals surface area contributed by atoms with Crippen LogP contribution in [0.4, 0.5) is 10.5 Å². The second kappa shape index (κ2) is 7.66. The minimum Gasteiger partial charge on any atom is -0.324 e. The van der Waals surface area contributed by atoms with Gasteiger partial charge in [-0.3, -0.25) is 0 Å². The summed E-state index contributed by atoms with van der Waals surface area (Å²) in [4.78, 5) is 14.2. The molecule has 1 saturated heterocycles. The van der Waals surface area contributed by atoms with Crippen molar-refractivity contribution in [3.63, 3.8) is 0 Å². The van der Waals surface area contributed by atoms with Crippen molar-refractivity contribution in [2.24, 2.45) is 5.92 Å². The Morgan fingerprint density at radius 3 is 2.90 bits per heavy atom. The maximum atomic E-state index is 12.3. The second-order valence-corrected chi connectivity index (χ2v) is 6.33. The molecule has 1 aliphatic rings.